The van der Waals surface area contributed by atoms with Gasteiger partial charge in [0.05, 0.1) is 24.7 Å². The van der Waals surface area contributed by atoms with Crippen molar-refractivity contribution in [3.8, 4) is 5.75 Å². The minimum Gasteiger partial charge on any atom is -0.495 e. The third kappa shape index (κ3) is 3.06. The van der Waals surface area contributed by atoms with Gasteiger partial charge in [0.25, 0.3) is 0 Å². The molecule has 3 aromatic rings. The fraction of sp³-hybridized carbons (Fsp3) is 0.0952. The Morgan fingerprint density at radius 1 is 0.840 bits per heavy atom. The van der Waals surface area contributed by atoms with Crippen LogP contribution in [0.5, 0.6) is 5.75 Å². The van der Waals surface area contributed by atoms with Crippen LogP contribution < -0.4 is 4.74 Å². The van der Waals surface area contributed by atoms with Crippen molar-refractivity contribution in [2.45, 2.75) is 6.42 Å². The third-order valence-electron chi connectivity index (χ3n) is 4.23. The van der Waals surface area contributed by atoms with Crippen LogP contribution in [-0.2, 0) is 0 Å². The van der Waals surface area contributed by atoms with Gasteiger partial charge in [0, 0.05) is 36.1 Å². The monoisotopic (exact) mass is 327 g/mol. The predicted octanol–water partition coefficient (Wildman–Crippen LogP) is 4.25. The average molecular weight is 327 g/mol. The second-order valence-corrected chi connectivity index (χ2v) is 5.78. The Labute approximate surface area is 146 Å². The Morgan fingerprint density at radius 2 is 1.64 bits per heavy atom. The first-order chi connectivity index (χ1) is 12.3. The number of benzene rings is 1. The summed E-state index contributed by atoms with van der Waals surface area (Å²) in [6, 6.07) is 16.3. The lowest BCUT2D eigenvalue weighted by Crippen LogP contribution is -1.98. The molecular formula is C21H17N3O. The van der Waals surface area contributed by atoms with Gasteiger partial charge in [-0.3, -0.25) is 15.0 Å². The molecule has 0 N–H and O–H groups in total. The van der Waals surface area contributed by atoms with E-state index in [0.717, 1.165) is 45.8 Å². The lowest BCUT2D eigenvalue weighted by Gasteiger charge is -2.08. The van der Waals surface area contributed by atoms with Gasteiger partial charge < -0.3 is 4.74 Å². The van der Waals surface area contributed by atoms with Crippen LogP contribution in [-0.4, -0.2) is 22.8 Å². The molecule has 0 radical (unpaired) electrons. The molecule has 0 saturated carbocycles. The number of hydrogen-bond acceptors (Lipinski definition) is 4. The molecule has 3 heterocycles. The Hall–Kier alpha value is -3.27. The summed E-state index contributed by atoms with van der Waals surface area (Å²) < 4.78 is 5.33. The van der Waals surface area contributed by atoms with Gasteiger partial charge in [0.2, 0.25) is 0 Å². The number of pyridine rings is 2. The van der Waals surface area contributed by atoms with Crippen LogP contribution in [0.2, 0.25) is 0 Å². The summed E-state index contributed by atoms with van der Waals surface area (Å²) in [6.07, 6.45) is 7.92. The SMILES string of the molecule is COc1cncc(C2=C(c3ccncc3)N=C(c3ccccc3)C2)c1. The molecule has 0 saturated heterocycles. The summed E-state index contributed by atoms with van der Waals surface area (Å²) in [7, 11) is 1.65. The van der Waals surface area contributed by atoms with Crippen molar-refractivity contribution in [3.63, 3.8) is 0 Å². The van der Waals surface area contributed by atoms with E-state index in [9.17, 15) is 0 Å². The number of nitrogens with zero attached hydrogens (tertiary/aromatic N) is 3. The molecular weight excluding hydrogens is 310 g/mol. The van der Waals surface area contributed by atoms with Gasteiger partial charge in [0.15, 0.2) is 0 Å². The van der Waals surface area contributed by atoms with Crippen molar-refractivity contribution < 1.29 is 4.74 Å². The summed E-state index contributed by atoms with van der Waals surface area (Å²) in [5, 5.41) is 0. The molecule has 0 bridgehead atoms. The number of methoxy groups -OCH3 is 1. The van der Waals surface area contributed by atoms with Crippen LogP contribution in [0.1, 0.15) is 23.1 Å². The highest BCUT2D eigenvalue weighted by atomic mass is 16.5. The smallest absolute Gasteiger partial charge is 0.137 e. The highest BCUT2D eigenvalue weighted by Gasteiger charge is 2.22. The van der Waals surface area contributed by atoms with E-state index < -0.39 is 0 Å². The second kappa shape index (κ2) is 6.69. The number of aliphatic imine (C=N–C) groups is 1. The summed E-state index contributed by atoms with van der Waals surface area (Å²) in [5.41, 5.74) is 6.40. The van der Waals surface area contributed by atoms with E-state index in [1.807, 2.05) is 42.6 Å². The average Bonchev–Trinajstić information content (AvgIpc) is 3.15. The third-order valence-corrected chi connectivity index (χ3v) is 4.23. The van der Waals surface area contributed by atoms with Gasteiger partial charge in [0.1, 0.15) is 5.75 Å². The van der Waals surface area contributed by atoms with Crippen molar-refractivity contribution in [3.05, 3.63) is 90.0 Å². The fourth-order valence-corrected chi connectivity index (χ4v) is 2.97. The Bertz CT molecular complexity index is 947. The first-order valence-electron chi connectivity index (χ1n) is 8.11. The zero-order valence-electron chi connectivity index (χ0n) is 13.9. The van der Waals surface area contributed by atoms with Crippen LogP contribution in [0.15, 0.2) is 78.3 Å². The molecule has 0 aliphatic carbocycles. The van der Waals surface area contributed by atoms with E-state index in [4.69, 9.17) is 9.73 Å². The maximum absolute atomic E-state index is 5.33. The van der Waals surface area contributed by atoms with E-state index in [1.165, 1.54) is 0 Å². The lowest BCUT2D eigenvalue weighted by atomic mass is 9.97. The molecule has 1 aliphatic heterocycles. The van der Waals surface area contributed by atoms with E-state index in [0.29, 0.717) is 0 Å². The number of aromatic nitrogens is 2. The molecule has 0 amide bonds. The topological polar surface area (TPSA) is 47.4 Å². The van der Waals surface area contributed by atoms with Gasteiger partial charge in [-0.15, -0.1) is 0 Å². The molecule has 0 atom stereocenters. The fourth-order valence-electron chi connectivity index (χ4n) is 2.97. The van der Waals surface area contributed by atoms with Crippen LogP contribution >= 0.6 is 0 Å². The Kier molecular flexibility index (Phi) is 4.09. The number of ether oxygens (including phenoxy) is 1. The summed E-state index contributed by atoms with van der Waals surface area (Å²) in [6.45, 7) is 0. The van der Waals surface area contributed by atoms with Crippen LogP contribution in [0.25, 0.3) is 11.3 Å². The second-order valence-electron chi connectivity index (χ2n) is 5.78. The first kappa shape index (κ1) is 15.3. The summed E-state index contributed by atoms with van der Waals surface area (Å²) in [4.78, 5) is 13.4. The molecule has 122 valence electrons. The molecule has 25 heavy (non-hydrogen) atoms. The van der Waals surface area contributed by atoms with E-state index in [-0.39, 0.29) is 0 Å². The molecule has 4 nitrogen and oxygen atoms in total. The van der Waals surface area contributed by atoms with E-state index in [2.05, 4.69) is 22.1 Å². The lowest BCUT2D eigenvalue weighted by molar-refractivity contribution is 0.412. The largest absolute Gasteiger partial charge is 0.495 e. The van der Waals surface area contributed by atoms with Crippen molar-refractivity contribution in [2.75, 3.05) is 7.11 Å². The van der Waals surface area contributed by atoms with Crippen LogP contribution in [0.3, 0.4) is 0 Å². The van der Waals surface area contributed by atoms with Gasteiger partial charge in [-0.2, -0.15) is 0 Å². The number of hydrogen-bond donors (Lipinski definition) is 0. The van der Waals surface area contributed by atoms with Gasteiger partial charge in [-0.05, 0) is 29.3 Å². The molecule has 0 unspecified atom stereocenters. The Morgan fingerprint density at radius 3 is 2.40 bits per heavy atom. The highest BCUT2D eigenvalue weighted by Crippen LogP contribution is 2.37. The van der Waals surface area contributed by atoms with Crippen molar-refractivity contribution >= 4 is 17.0 Å². The molecule has 1 aromatic carbocycles. The van der Waals surface area contributed by atoms with Gasteiger partial charge >= 0.3 is 0 Å². The predicted molar refractivity (Wildman–Crippen MR) is 99.4 cm³/mol. The zero-order valence-corrected chi connectivity index (χ0v) is 13.9. The van der Waals surface area contributed by atoms with Gasteiger partial charge in [-0.25, -0.2) is 0 Å². The molecule has 1 aliphatic rings. The number of rotatable bonds is 4. The van der Waals surface area contributed by atoms with Gasteiger partial charge in [-0.1, -0.05) is 30.3 Å². The normalized spacial score (nSPS) is 13.7. The van der Waals surface area contributed by atoms with Crippen LogP contribution in [0.4, 0.5) is 0 Å². The molecule has 0 fully saturated rings. The minimum atomic E-state index is 0.743. The van der Waals surface area contributed by atoms with Crippen molar-refractivity contribution in [1.82, 2.24) is 9.97 Å². The first-order valence-corrected chi connectivity index (χ1v) is 8.11. The van der Waals surface area contributed by atoms with E-state index in [1.54, 1.807) is 25.7 Å². The maximum Gasteiger partial charge on any atom is 0.137 e. The van der Waals surface area contributed by atoms with Crippen molar-refractivity contribution in [2.24, 2.45) is 4.99 Å². The highest BCUT2D eigenvalue weighted by molar-refractivity contribution is 6.16. The number of allylic oxidation sites excluding steroid dienone is 1. The minimum absolute atomic E-state index is 0.743. The molecule has 2 aromatic heterocycles. The Balaban J connectivity index is 1.82. The maximum atomic E-state index is 5.33. The van der Waals surface area contributed by atoms with E-state index >= 15 is 0 Å². The quantitative estimate of drug-likeness (QED) is 0.720. The van der Waals surface area contributed by atoms with Crippen molar-refractivity contribution in [1.29, 1.82) is 0 Å². The summed E-state index contributed by atoms with van der Waals surface area (Å²) >= 11 is 0. The zero-order chi connectivity index (χ0) is 17.1. The van der Waals surface area contributed by atoms with Crippen LogP contribution in [0, 0.1) is 0 Å². The molecule has 0 spiro atoms. The summed E-state index contributed by atoms with van der Waals surface area (Å²) in [5.74, 6) is 0.743. The molecule has 4 heteroatoms. The standard InChI is InChI=1S/C21H17N3O/c1-25-18-11-17(13-23-14-18)19-12-20(15-5-3-2-4-6-15)24-21(19)16-7-9-22-10-8-16/h2-11,13-14H,12H2,1H3. The molecule has 4 rings (SSSR count).